The van der Waals surface area contributed by atoms with Crippen LogP contribution in [0.15, 0.2) is 12.1 Å². The van der Waals surface area contributed by atoms with Gasteiger partial charge in [0.15, 0.2) is 0 Å². The Kier molecular flexibility index (Phi) is 1.93. The molecule has 0 amide bonds. The van der Waals surface area contributed by atoms with Crippen molar-refractivity contribution in [2.24, 2.45) is 0 Å². The van der Waals surface area contributed by atoms with E-state index in [9.17, 15) is 0 Å². The highest BCUT2D eigenvalue weighted by atomic mass is 13.9. The van der Waals surface area contributed by atoms with Crippen molar-refractivity contribution >= 4 is 39.9 Å². The summed E-state index contributed by atoms with van der Waals surface area (Å²) in [6, 6.07) is 4.36. The number of aryl methyl sites for hydroxylation is 1. The lowest BCUT2D eigenvalue weighted by molar-refractivity contribution is 1.54. The summed E-state index contributed by atoms with van der Waals surface area (Å²) < 4.78 is 0. The Morgan fingerprint density at radius 3 is 2.10 bits per heavy atom. The molecule has 0 aliphatic heterocycles. The lowest BCUT2D eigenvalue weighted by Gasteiger charge is -2.07. The molecule has 0 bridgehead atoms. The van der Waals surface area contributed by atoms with E-state index in [0.717, 1.165) is 0 Å². The van der Waals surface area contributed by atoms with Crippen LogP contribution in [0.25, 0.3) is 0 Å². The normalized spacial score (nSPS) is 9.70. The standard InChI is InChI=1S/C7H11B3/c1-4-2-3-5(8)7(10)6(4)9/h2-3H,8-10H2,1H3. The molecule has 3 heteroatoms. The van der Waals surface area contributed by atoms with Crippen molar-refractivity contribution in [3.63, 3.8) is 0 Å². The van der Waals surface area contributed by atoms with E-state index in [-0.39, 0.29) is 0 Å². The molecule has 0 radical (unpaired) electrons. The zero-order valence-corrected chi connectivity index (χ0v) is 7.15. The molecule has 0 atom stereocenters. The Bertz CT molecular complexity index is 228. The molecule has 1 rings (SSSR count). The van der Waals surface area contributed by atoms with Crippen molar-refractivity contribution in [3.05, 3.63) is 17.7 Å². The van der Waals surface area contributed by atoms with Crippen molar-refractivity contribution in [1.82, 2.24) is 0 Å². The van der Waals surface area contributed by atoms with Crippen LogP contribution in [0.2, 0.25) is 0 Å². The maximum absolute atomic E-state index is 2.18. The number of hydrogen-bond donors (Lipinski definition) is 0. The molecular formula is C7H11B3. The fourth-order valence-corrected chi connectivity index (χ4v) is 1.09. The molecule has 10 heavy (non-hydrogen) atoms. The lowest BCUT2D eigenvalue weighted by atomic mass is 9.71. The first-order valence-corrected chi connectivity index (χ1v) is 3.66. The van der Waals surface area contributed by atoms with E-state index in [1.54, 1.807) is 0 Å². The first-order valence-electron chi connectivity index (χ1n) is 3.66. The lowest BCUT2D eigenvalue weighted by Crippen LogP contribution is -2.39. The highest BCUT2D eigenvalue weighted by molar-refractivity contribution is 6.57. The van der Waals surface area contributed by atoms with Crippen molar-refractivity contribution in [1.29, 1.82) is 0 Å². The van der Waals surface area contributed by atoms with Crippen LogP contribution in [0.3, 0.4) is 0 Å². The maximum atomic E-state index is 2.18. The Balaban J connectivity index is 3.34. The molecule has 0 aliphatic rings. The molecule has 0 saturated heterocycles. The zero-order chi connectivity index (χ0) is 7.72. The minimum Gasteiger partial charge on any atom is -0.101 e. The van der Waals surface area contributed by atoms with Gasteiger partial charge in [-0.1, -0.05) is 28.6 Å². The number of hydrogen-bond acceptors (Lipinski definition) is 0. The molecule has 0 heterocycles. The molecule has 0 aliphatic carbocycles. The summed E-state index contributed by atoms with van der Waals surface area (Å²) in [5.41, 5.74) is 5.64. The molecule has 0 N–H and O–H groups in total. The molecule has 48 valence electrons. The van der Waals surface area contributed by atoms with Crippen LogP contribution in [0, 0.1) is 6.92 Å². The van der Waals surface area contributed by atoms with E-state index in [1.807, 2.05) is 0 Å². The summed E-state index contributed by atoms with van der Waals surface area (Å²) in [6.07, 6.45) is 0. The zero-order valence-electron chi connectivity index (χ0n) is 7.15. The van der Waals surface area contributed by atoms with Crippen LogP contribution >= 0.6 is 0 Å². The predicted molar refractivity (Wildman–Crippen MR) is 55.7 cm³/mol. The summed E-state index contributed by atoms with van der Waals surface area (Å²) in [5.74, 6) is 0. The Hall–Kier alpha value is -0.585. The van der Waals surface area contributed by atoms with E-state index >= 15 is 0 Å². The van der Waals surface area contributed by atoms with Gasteiger partial charge in [-0.2, -0.15) is 0 Å². The molecular weight excluding hydrogens is 117 g/mol. The minimum absolute atomic E-state index is 1.39. The fourth-order valence-electron chi connectivity index (χ4n) is 1.09. The van der Waals surface area contributed by atoms with Gasteiger partial charge in [0, 0.05) is 0 Å². The van der Waals surface area contributed by atoms with Crippen molar-refractivity contribution in [3.8, 4) is 0 Å². The topological polar surface area (TPSA) is 0 Å². The predicted octanol–water partition coefficient (Wildman–Crippen LogP) is -3.23. The van der Waals surface area contributed by atoms with Gasteiger partial charge in [-0.25, -0.2) is 0 Å². The smallest absolute Gasteiger partial charge is 0.101 e. The van der Waals surface area contributed by atoms with Crippen LogP contribution < -0.4 is 16.4 Å². The summed E-state index contributed by atoms with van der Waals surface area (Å²) in [7, 11) is 6.51. The second-order valence-corrected chi connectivity index (χ2v) is 2.95. The van der Waals surface area contributed by atoms with Crippen molar-refractivity contribution < 1.29 is 0 Å². The maximum Gasteiger partial charge on any atom is 0.138 e. The molecule has 0 nitrogen and oxygen atoms in total. The van der Waals surface area contributed by atoms with Crippen molar-refractivity contribution in [2.45, 2.75) is 6.92 Å². The highest BCUT2D eigenvalue weighted by Gasteiger charge is 1.97. The number of rotatable bonds is 0. The molecule has 1 aromatic carbocycles. The quantitative estimate of drug-likeness (QED) is 0.322. The van der Waals surface area contributed by atoms with E-state index in [0.29, 0.717) is 0 Å². The third-order valence-electron chi connectivity index (χ3n) is 2.33. The third-order valence-corrected chi connectivity index (χ3v) is 2.33. The Morgan fingerprint density at radius 1 is 1.00 bits per heavy atom. The van der Waals surface area contributed by atoms with Gasteiger partial charge in [0.05, 0.1) is 0 Å². The molecule has 1 aromatic rings. The molecule has 0 saturated carbocycles. The van der Waals surface area contributed by atoms with Gasteiger partial charge in [0.2, 0.25) is 0 Å². The van der Waals surface area contributed by atoms with E-state index in [4.69, 9.17) is 0 Å². The van der Waals surface area contributed by atoms with Crippen LogP contribution in [0.1, 0.15) is 5.56 Å². The van der Waals surface area contributed by atoms with Gasteiger partial charge in [0.25, 0.3) is 0 Å². The van der Waals surface area contributed by atoms with Gasteiger partial charge in [-0.3, -0.25) is 0 Å². The van der Waals surface area contributed by atoms with Gasteiger partial charge in [-0.15, -0.1) is 5.46 Å². The van der Waals surface area contributed by atoms with E-state index in [1.165, 1.54) is 22.0 Å². The molecule has 0 spiro atoms. The van der Waals surface area contributed by atoms with E-state index < -0.39 is 0 Å². The SMILES string of the molecule is Bc1ccc(C)c(B)c1B. The Labute approximate surface area is 65.3 Å². The van der Waals surface area contributed by atoms with Gasteiger partial charge in [-0.05, 0) is 6.92 Å². The van der Waals surface area contributed by atoms with Crippen molar-refractivity contribution in [2.75, 3.05) is 0 Å². The first kappa shape index (κ1) is 7.52. The van der Waals surface area contributed by atoms with Gasteiger partial charge >= 0.3 is 0 Å². The summed E-state index contributed by atoms with van der Waals surface area (Å²) in [6.45, 7) is 2.15. The monoisotopic (exact) mass is 128 g/mol. The summed E-state index contributed by atoms with van der Waals surface area (Å²) in [5, 5.41) is 0. The van der Waals surface area contributed by atoms with Crippen LogP contribution in [-0.2, 0) is 0 Å². The number of benzene rings is 1. The average Bonchev–Trinajstić information content (AvgIpc) is 1.93. The average molecular weight is 128 g/mol. The molecule has 0 fully saturated rings. The Morgan fingerprint density at radius 2 is 1.60 bits per heavy atom. The second-order valence-electron chi connectivity index (χ2n) is 2.95. The fraction of sp³-hybridized carbons (Fsp3) is 0.143. The van der Waals surface area contributed by atoms with E-state index in [2.05, 4.69) is 42.6 Å². The second kappa shape index (κ2) is 2.57. The third kappa shape index (κ3) is 1.13. The summed E-state index contributed by atoms with van der Waals surface area (Å²) in [4.78, 5) is 0. The van der Waals surface area contributed by atoms with Gasteiger partial charge in [0.1, 0.15) is 23.5 Å². The van der Waals surface area contributed by atoms with Crippen LogP contribution in [0.4, 0.5) is 0 Å². The molecule has 0 unspecified atom stereocenters. The highest BCUT2D eigenvalue weighted by Crippen LogP contribution is 1.84. The van der Waals surface area contributed by atoms with Gasteiger partial charge < -0.3 is 0 Å². The molecule has 0 aromatic heterocycles. The van der Waals surface area contributed by atoms with Crippen LogP contribution in [0.5, 0.6) is 0 Å². The minimum atomic E-state index is 1.39. The largest absolute Gasteiger partial charge is 0.138 e. The van der Waals surface area contributed by atoms with Crippen LogP contribution in [-0.4, -0.2) is 23.5 Å². The summed E-state index contributed by atoms with van der Waals surface area (Å²) >= 11 is 0. The first-order chi connectivity index (χ1) is 4.63.